The summed E-state index contributed by atoms with van der Waals surface area (Å²) in [5.74, 6) is 0.568. The zero-order valence-corrected chi connectivity index (χ0v) is 10.5. The van der Waals surface area contributed by atoms with E-state index < -0.39 is 0 Å². The molecule has 0 amide bonds. The Morgan fingerprint density at radius 3 is 2.67 bits per heavy atom. The molecule has 0 bridgehead atoms. The Kier molecular flexibility index (Phi) is 2.54. The molecular formula is C11H12BrFN2. The smallest absolute Gasteiger partial charge is 0.152 e. The van der Waals surface area contributed by atoms with Crippen molar-refractivity contribution in [3.63, 3.8) is 0 Å². The van der Waals surface area contributed by atoms with E-state index in [0.717, 1.165) is 15.8 Å². The molecule has 0 unspecified atom stereocenters. The molecule has 0 atom stereocenters. The summed E-state index contributed by atoms with van der Waals surface area (Å²) in [4.78, 5) is 4.24. The number of rotatable bonds is 1. The van der Waals surface area contributed by atoms with Crippen LogP contribution < -0.4 is 0 Å². The topological polar surface area (TPSA) is 17.8 Å². The van der Waals surface area contributed by atoms with Gasteiger partial charge in [-0.05, 0) is 32.9 Å². The van der Waals surface area contributed by atoms with Gasteiger partial charge in [-0.25, -0.2) is 9.37 Å². The van der Waals surface area contributed by atoms with E-state index in [1.807, 2.05) is 17.6 Å². The van der Waals surface area contributed by atoms with Gasteiger partial charge in [-0.15, -0.1) is 0 Å². The van der Waals surface area contributed by atoms with Gasteiger partial charge in [-0.1, -0.05) is 15.9 Å². The molecule has 0 saturated heterocycles. The molecule has 0 aliphatic carbocycles. The number of halogens is 2. The minimum atomic E-state index is -0.276. The van der Waals surface area contributed by atoms with Crippen LogP contribution in [-0.2, 0) is 0 Å². The van der Waals surface area contributed by atoms with Crippen LogP contribution >= 0.6 is 15.9 Å². The maximum absolute atomic E-state index is 13.6. The predicted octanol–water partition coefficient (Wildman–Crippen LogP) is 3.83. The van der Waals surface area contributed by atoms with Gasteiger partial charge in [-0.2, -0.15) is 0 Å². The fourth-order valence-corrected chi connectivity index (χ4v) is 2.31. The summed E-state index contributed by atoms with van der Waals surface area (Å²) in [5, 5.41) is 0. The molecule has 15 heavy (non-hydrogen) atoms. The van der Waals surface area contributed by atoms with E-state index in [1.54, 1.807) is 0 Å². The van der Waals surface area contributed by atoms with Gasteiger partial charge in [0.05, 0.1) is 5.52 Å². The Bertz CT molecular complexity index is 517. The van der Waals surface area contributed by atoms with Crippen LogP contribution in [0.2, 0.25) is 0 Å². The summed E-state index contributed by atoms with van der Waals surface area (Å²) in [5.41, 5.74) is 1.29. The first kappa shape index (κ1) is 10.6. The zero-order chi connectivity index (χ0) is 11.2. The quantitative estimate of drug-likeness (QED) is 0.770. The van der Waals surface area contributed by atoms with Gasteiger partial charge in [0.25, 0.3) is 0 Å². The van der Waals surface area contributed by atoms with Crippen molar-refractivity contribution in [2.75, 3.05) is 0 Å². The molecule has 2 rings (SSSR count). The fourth-order valence-electron chi connectivity index (χ4n) is 1.89. The molecule has 2 nitrogen and oxygen atoms in total. The van der Waals surface area contributed by atoms with Gasteiger partial charge in [0, 0.05) is 10.5 Å². The van der Waals surface area contributed by atoms with Crippen LogP contribution in [-0.4, -0.2) is 9.55 Å². The molecule has 0 fully saturated rings. The molecule has 1 aromatic heterocycles. The molecule has 0 N–H and O–H groups in total. The van der Waals surface area contributed by atoms with E-state index in [-0.39, 0.29) is 11.9 Å². The number of fused-ring (bicyclic) bond motifs is 1. The number of hydrogen-bond acceptors (Lipinski definition) is 1. The van der Waals surface area contributed by atoms with E-state index in [4.69, 9.17) is 0 Å². The lowest BCUT2D eigenvalue weighted by Gasteiger charge is -2.10. The highest BCUT2D eigenvalue weighted by Crippen LogP contribution is 2.26. The van der Waals surface area contributed by atoms with Gasteiger partial charge in [-0.3, -0.25) is 0 Å². The average Bonchev–Trinajstić information content (AvgIpc) is 2.41. The van der Waals surface area contributed by atoms with Gasteiger partial charge < -0.3 is 4.57 Å². The van der Waals surface area contributed by atoms with Crippen molar-refractivity contribution in [1.29, 1.82) is 0 Å². The molecular weight excluding hydrogens is 259 g/mol. The standard InChI is InChI=1S/C11H12BrFN2/c1-6(2)15-7(3)14-11-9(13)4-8(12)5-10(11)15/h4-6H,1-3H3. The molecule has 2 aromatic rings. The summed E-state index contributed by atoms with van der Waals surface area (Å²) in [6, 6.07) is 3.63. The van der Waals surface area contributed by atoms with Crippen molar-refractivity contribution in [2.24, 2.45) is 0 Å². The Labute approximate surface area is 96.2 Å². The first-order valence-electron chi connectivity index (χ1n) is 4.84. The highest BCUT2D eigenvalue weighted by Gasteiger charge is 2.13. The third-order valence-electron chi connectivity index (χ3n) is 2.41. The normalized spacial score (nSPS) is 11.6. The molecule has 0 radical (unpaired) electrons. The molecule has 80 valence electrons. The minimum Gasteiger partial charge on any atom is -0.326 e. The number of imidazole rings is 1. The van der Waals surface area contributed by atoms with Gasteiger partial charge in [0.15, 0.2) is 5.82 Å². The lowest BCUT2D eigenvalue weighted by atomic mass is 10.3. The third kappa shape index (κ3) is 1.67. The summed E-state index contributed by atoms with van der Waals surface area (Å²) in [6.45, 7) is 6.02. The predicted molar refractivity (Wildman–Crippen MR) is 62.5 cm³/mol. The summed E-state index contributed by atoms with van der Waals surface area (Å²) >= 11 is 3.29. The van der Waals surface area contributed by atoms with Crippen molar-refractivity contribution in [3.8, 4) is 0 Å². The summed E-state index contributed by atoms with van der Waals surface area (Å²) in [7, 11) is 0. The lowest BCUT2D eigenvalue weighted by Crippen LogP contribution is -2.02. The molecule has 0 saturated carbocycles. The van der Waals surface area contributed by atoms with Crippen LogP contribution in [0.4, 0.5) is 4.39 Å². The number of benzene rings is 1. The molecule has 4 heteroatoms. The van der Waals surface area contributed by atoms with Crippen LogP contribution in [0.15, 0.2) is 16.6 Å². The van der Waals surface area contributed by atoms with Crippen molar-refractivity contribution in [3.05, 3.63) is 28.2 Å². The molecule has 0 aliphatic heterocycles. The van der Waals surface area contributed by atoms with E-state index in [1.165, 1.54) is 6.07 Å². The Hall–Kier alpha value is -0.900. The van der Waals surface area contributed by atoms with Crippen LogP contribution in [0, 0.1) is 12.7 Å². The first-order valence-corrected chi connectivity index (χ1v) is 5.63. The Morgan fingerprint density at radius 1 is 1.40 bits per heavy atom. The molecule has 1 aromatic carbocycles. The maximum Gasteiger partial charge on any atom is 0.152 e. The fraction of sp³-hybridized carbons (Fsp3) is 0.364. The van der Waals surface area contributed by atoms with Gasteiger partial charge in [0.2, 0.25) is 0 Å². The van der Waals surface area contributed by atoms with E-state index >= 15 is 0 Å². The lowest BCUT2D eigenvalue weighted by molar-refractivity contribution is 0.600. The number of nitrogens with zero attached hydrogens (tertiary/aromatic N) is 2. The van der Waals surface area contributed by atoms with Crippen LogP contribution in [0.5, 0.6) is 0 Å². The monoisotopic (exact) mass is 270 g/mol. The zero-order valence-electron chi connectivity index (χ0n) is 8.88. The van der Waals surface area contributed by atoms with Gasteiger partial charge in [0.1, 0.15) is 11.3 Å². The second-order valence-electron chi connectivity index (χ2n) is 3.88. The van der Waals surface area contributed by atoms with Crippen molar-refractivity contribution >= 4 is 27.0 Å². The summed E-state index contributed by atoms with van der Waals surface area (Å²) < 4.78 is 16.4. The maximum atomic E-state index is 13.6. The Morgan fingerprint density at radius 2 is 2.07 bits per heavy atom. The molecule has 0 aliphatic rings. The molecule has 0 spiro atoms. The summed E-state index contributed by atoms with van der Waals surface area (Å²) in [6.07, 6.45) is 0. The first-order chi connectivity index (χ1) is 7.00. The second kappa shape index (κ2) is 3.59. The number of aryl methyl sites for hydroxylation is 1. The minimum absolute atomic E-state index is 0.276. The third-order valence-corrected chi connectivity index (χ3v) is 2.86. The van der Waals surface area contributed by atoms with E-state index in [0.29, 0.717) is 5.52 Å². The van der Waals surface area contributed by atoms with E-state index in [2.05, 4.69) is 34.8 Å². The number of hydrogen-bond donors (Lipinski definition) is 0. The number of aromatic nitrogens is 2. The SMILES string of the molecule is Cc1nc2c(F)cc(Br)cc2n1C(C)C. The average molecular weight is 271 g/mol. The largest absolute Gasteiger partial charge is 0.326 e. The van der Waals surface area contributed by atoms with Crippen molar-refractivity contribution < 1.29 is 4.39 Å². The van der Waals surface area contributed by atoms with Crippen LogP contribution in [0.25, 0.3) is 11.0 Å². The van der Waals surface area contributed by atoms with Crippen LogP contribution in [0.3, 0.4) is 0 Å². The van der Waals surface area contributed by atoms with Crippen LogP contribution in [0.1, 0.15) is 25.7 Å². The highest BCUT2D eigenvalue weighted by molar-refractivity contribution is 9.10. The highest BCUT2D eigenvalue weighted by atomic mass is 79.9. The van der Waals surface area contributed by atoms with E-state index in [9.17, 15) is 4.39 Å². The second-order valence-corrected chi connectivity index (χ2v) is 4.79. The van der Waals surface area contributed by atoms with Crippen molar-refractivity contribution in [1.82, 2.24) is 9.55 Å². The van der Waals surface area contributed by atoms with Crippen molar-refractivity contribution in [2.45, 2.75) is 26.8 Å². The van der Waals surface area contributed by atoms with Gasteiger partial charge >= 0.3 is 0 Å². The Balaban J connectivity index is 2.86. The molecule has 1 heterocycles.